The zero-order valence-corrected chi connectivity index (χ0v) is 68.4. The van der Waals surface area contributed by atoms with Crippen LogP contribution in [0.1, 0.15) is 94.3 Å². The number of carbonyl (C=O) groups excluding carboxylic acids is 8. The summed E-state index contributed by atoms with van der Waals surface area (Å²) in [6.45, 7) is 3.14. The van der Waals surface area contributed by atoms with E-state index >= 15 is 0 Å². The number of hydrogen-bond acceptors (Lipinski definition) is 20. The van der Waals surface area contributed by atoms with Gasteiger partial charge in [-0.3, -0.25) is 9.59 Å². The second-order valence-electron chi connectivity index (χ2n) is 30.7. The molecule has 6 aliphatic heterocycles. The third-order valence-electron chi connectivity index (χ3n) is 22.7. The van der Waals surface area contributed by atoms with E-state index in [2.05, 4.69) is 144 Å². The molecule has 0 N–H and O–H groups in total. The average molecular weight is 1660 g/mol. The molecule has 0 radical (unpaired) electrons. The van der Waals surface area contributed by atoms with Gasteiger partial charge in [0.15, 0.2) is 18.3 Å². The van der Waals surface area contributed by atoms with Crippen LogP contribution in [0.2, 0.25) is 0 Å². The molecule has 15 aromatic rings. The van der Waals surface area contributed by atoms with Gasteiger partial charge in [0, 0.05) is 24.3 Å². The second-order valence-corrected chi connectivity index (χ2v) is 33.1. The first-order valence-electron chi connectivity index (χ1n) is 41.2. The number of fused-ring (bicyclic) bond motifs is 10. The predicted octanol–water partition coefficient (Wildman–Crippen LogP) is 20.5. The smallest absolute Gasteiger partial charge is 0.351 e. The minimum atomic E-state index is -0.814. The maximum Gasteiger partial charge on any atom is 0.351 e. The van der Waals surface area contributed by atoms with Gasteiger partial charge in [-0.2, -0.15) is 0 Å². The molecule has 122 heavy (non-hydrogen) atoms. The first kappa shape index (κ1) is 81.6. The molecule has 21 rings (SSSR count). The lowest BCUT2D eigenvalue weighted by molar-refractivity contribution is -0.179. The number of rotatable bonds is 16. The molecule has 6 aliphatic rings. The molecule has 0 spiro atoms. The molecule has 6 heterocycles. The van der Waals surface area contributed by atoms with Crippen LogP contribution in [0, 0.1) is 0 Å². The van der Waals surface area contributed by atoms with Gasteiger partial charge in [0.25, 0.3) is 0 Å². The fourth-order valence-electron chi connectivity index (χ4n) is 15.9. The van der Waals surface area contributed by atoms with E-state index < -0.39 is 48.3 Å². The molecule has 0 amide bonds. The van der Waals surface area contributed by atoms with Crippen LogP contribution in [0.4, 0.5) is 0 Å². The lowest BCUT2D eigenvalue weighted by atomic mass is 9.96. The highest BCUT2D eigenvalue weighted by Crippen LogP contribution is 2.37. The molecule has 0 aromatic heterocycles. The van der Waals surface area contributed by atoms with Crippen molar-refractivity contribution in [2.45, 2.75) is 111 Å². The van der Waals surface area contributed by atoms with Gasteiger partial charge in [-0.15, -0.1) is 23.5 Å². The zero-order chi connectivity index (χ0) is 83.4. The summed E-state index contributed by atoms with van der Waals surface area (Å²) in [4.78, 5) is 94.8. The SMILES string of the molecule is O=C(OC1CCCCOC1=O)c1cccc2cc3ccccc3cc12.O=C(OC1COC1=O)c1cccc2cc3ccccc3cc12.O=C1OCC1SCc1cccc2cc3ccccc3cc12.O=C1OCCC1OCc1ccc(COC2CCOC2=O)c2cc3ccccc3cc12.O=C1OCCCCC1SCc1cccc2cc3ccccc3cc12. The van der Waals surface area contributed by atoms with Crippen LogP contribution in [0.5, 0.6) is 0 Å². The van der Waals surface area contributed by atoms with E-state index in [9.17, 15) is 38.4 Å². The molecule has 15 aromatic carbocycles. The van der Waals surface area contributed by atoms with Gasteiger partial charge in [-0.1, -0.05) is 194 Å². The van der Waals surface area contributed by atoms with Crippen LogP contribution in [0.25, 0.3) is 108 Å². The normalized spacial score (nSPS) is 18.7. The summed E-state index contributed by atoms with van der Waals surface area (Å²) >= 11 is 3.39. The highest BCUT2D eigenvalue weighted by molar-refractivity contribution is 8.00. The van der Waals surface area contributed by atoms with Crippen molar-refractivity contribution < 1.29 is 85.7 Å². The number of thioether (sulfide) groups is 2. The molecule has 6 atom stereocenters. The number of carbonyl (C=O) groups is 8. The summed E-state index contributed by atoms with van der Waals surface area (Å²) in [6, 6.07) is 90.2. The second kappa shape index (κ2) is 37.9. The quantitative estimate of drug-likeness (QED) is 0.0497. The van der Waals surface area contributed by atoms with Gasteiger partial charge < -0.3 is 47.4 Å². The third kappa shape index (κ3) is 18.9. The minimum absolute atomic E-state index is 0.0145. The van der Waals surface area contributed by atoms with Gasteiger partial charge in [0.05, 0.1) is 50.8 Å². The maximum atomic E-state index is 12.7. The van der Waals surface area contributed by atoms with Gasteiger partial charge in [0.1, 0.15) is 23.7 Å². The Labute approximate surface area is 711 Å². The van der Waals surface area contributed by atoms with Crippen LogP contribution >= 0.6 is 23.5 Å². The number of hydrogen-bond donors (Lipinski definition) is 0. The van der Waals surface area contributed by atoms with Crippen molar-refractivity contribution in [2.24, 2.45) is 0 Å². The fourth-order valence-corrected chi connectivity index (χ4v) is 18.1. The van der Waals surface area contributed by atoms with E-state index in [-0.39, 0.29) is 41.0 Å². The van der Waals surface area contributed by atoms with E-state index in [0.717, 1.165) is 119 Å². The first-order chi connectivity index (χ1) is 59.7. The van der Waals surface area contributed by atoms with E-state index in [1.54, 1.807) is 35.7 Å². The van der Waals surface area contributed by atoms with Crippen molar-refractivity contribution in [3.63, 3.8) is 0 Å². The van der Waals surface area contributed by atoms with E-state index in [4.69, 9.17) is 42.6 Å². The Morgan fingerprint density at radius 2 is 0.598 bits per heavy atom. The van der Waals surface area contributed by atoms with Gasteiger partial charge in [-0.05, 0) is 241 Å². The van der Waals surface area contributed by atoms with Crippen molar-refractivity contribution in [3.05, 3.63) is 300 Å². The summed E-state index contributed by atoms with van der Waals surface area (Å²) in [7, 11) is 0. The number of cyclic esters (lactones) is 6. The summed E-state index contributed by atoms with van der Waals surface area (Å²) in [5, 5.41) is 22.4. The van der Waals surface area contributed by atoms with Crippen molar-refractivity contribution in [3.8, 4) is 0 Å². The van der Waals surface area contributed by atoms with Gasteiger partial charge >= 0.3 is 47.8 Å². The van der Waals surface area contributed by atoms with Crippen molar-refractivity contribution in [2.75, 3.05) is 39.6 Å². The molecule has 614 valence electrons. The highest BCUT2D eigenvalue weighted by Gasteiger charge is 2.36. The van der Waals surface area contributed by atoms with Crippen LogP contribution in [-0.4, -0.2) is 122 Å². The standard InChI is InChI=1S/C24H22O6.C21H18O4.C21H20O2S.C18H12O4.C18H14O2S/c25-23-21(7-9-27-23)29-13-17-5-6-18(14-30-22-8-10-28-24(22)26)20-12-16-4-2-1-3-15(16)11-19(17)20;22-20(25-19-10-3-4-11-24-21(19)23)17-9-5-8-16-12-14-6-1-2-7-15(14)13-18(16)17;22-21-20(10-3-4-11-23-21)24-14-18-9-5-8-17-12-15-6-1-2-7-16(15)13-19(17)18;19-17(22-16-10-21-18(16)20)14-7-3-6-13-8-11-4-1-2-5-12(11)9-15(13)14;19-18-17(10-20-18)21-11-15-7-3-6-14-8-12-4-1-2-5-13(12)9-16(14)15/h1-6,11-12,21-22H,7-10,13-14H2;1-2,5-9,12-13,19H,3-4,10-11H2;1-2,5-9,12-13,20H,3-4,10-11,14H2;1-9,16H,10H2;1-9,17H,10-11H2. The van der Waals surface area contributed by atoms with Crippen LogP contribution in [-0.2, 0) is 101 Å². The molecule has 18 nitrogen and oxygen atoms in total. The van der Waals surface area contributed by atoms with Crippen LogP contribution in [0.15, 0.2) is 267 Å². The zero-order valence-electron chi connectivity index (χ0n) is 66.8. The third-order valence-corrected chi connectivity index (χ3v) is 25.2. The van der Waals surface area contributed by atoms with Gasteiger partial charge in [-0.25, -0.2) is 28.8 Å². The Balaban J connectivity index is 0.000000109. The monoisotopic (exact) mass is 1660 g/mol. The molecular weight excluding hydrogens is 1580 g/mol. The van der Waals surface area contributed by atoms with Crippen molar-refractivity contribution in [1.82, 2.24) is 0 Å². The van der Waals surface area contributed by atoms with E-state index in [1.807, 2.05) is 115 Å². The van der Waals surface area contributed by atoms with Crippen LogP contribution < -0.4 is 0 Å². The maximum absolute atomic E-state index is 12.7. The largest absolute Gasteiger partial charge is 0.465 e. The molecule has 6 fully saturated rings. The number of ether oxygens (including phenoxy) is 10. The summed E-state index contributed by atoms with van der Waals surface area (Å²) in [5.41, 5.74) is 5.51. The number of esters is 8. The summed E-state index contributed by atoms with van der Waals surface area (Å²) < 4.78 is 52.1. The molecule has 20 heteroatoms. The van der Waals surface area contributed by atoms with E-state index in [1.165, 1.54) is 54.2 Å². The molecule has 6 saturated heterocycles. The van der Waals surface area contributed by atoms with E-state index in [0.29, 0.717) is 76.6 Å². The van der Waals surface area contributed by atoms with Crippen molar-refractivity contribution in [1.29, 1.82) is 0 Å². The Kier molecular flexibility index (Phi) is 25.4. The molecule has 0 bridgehead atoms. The lowest BCUT2D eigenvalue weighted by Crippen LogP contribution is -2.43. The molecular formula is C102H86O18S2. The summed E-state index contributed by atoms with van der Waals surface area (Å²) in [6.07, 6.45) is 3.70. The average Bonchev–Trinajstić information content (AvgIpc) is 0.860. The molecule has 0 saturated carbocycles. The lowest BCUT2D eigenvalue weighted by Gasteiger charge is -2.24. The van der Waals surface area contributed by atoms with Crippen LogP contribution in [0.3, 0.4) is 0 Å². The highest BCUT2D eigenvalue weighted by atomic mass is 32.2. The number of benzene rings is 15. The minimum Gasteiger partial charge on any atom is -0.465 e. The topological polar surface area (TPSA) is 229 Å². The Bertz CT molecular complexity index is 6450. The Morgan fingerprint density at radius 3 is 0.984 bits per heavy atom. The first-order valence-corrected chi connectivity index (χ1v) is 43.3. The molecule has 0 aliphatic carbocycles. The Hall–Kier alpha value is -12.7. The van der Waals surface area contributed by atoms with Gasteiger partial charge in [0.2, 0.25) is 6.10 Å². The molecule has 6 unspecified atom stereocenters. The summed E-state index contributed by atoms with van der Waals surface area (Å²) in [5.74, 6) is -0.932. The van der Waals surface area contributed by atoms with Crippen molar-refractivity contribution >= 4 is 179 Å². The Morgan fingerprint density at radius 1 is 0.270 bits per heavy atom. The fraction of sp³-hybridized carbons (Fsp3) is 0.235. The predicted molar refractivity (Wildman–Crippen MR) is 476 cm³/mol.